The first-order valence-corrected chi connectivity index (χ1v) is 7.17. The zero-order chi connectivity index (χ0) is 13.2. The molecule has 0 saturated heterocycles. The van der Waals surface area contributed by atoms with E-state index in [0.717, 1.165) is 43.1 Å². The van der Waals surface area contributed by atoms with Gasteiger partial charge in [-0.3, -0.25) is 0 Å². The highest BCUT2D eigenvalue weighted by atomic mass is 16.7. The molecule has 2 heterocycles. The maximum absolute atomic E-state index is 6.08. The first-order chi connectivity index (χ1) is 9.33. The summed E-state index contributed by atoms with van der Waals surface area (Å²) in [5.74, 6) is 2.57. The molecule has 2 aliphatic heterocycles. The molecular weight excluding hydrogens is 242 g/mol. The molecule has 1 aromatic carbocycles. The van der Waals surface area contributed by atoms with Gasteiger partial charge in [0.25, 0.3) is 0 Å². The summed E-state index contributed by atoms with van der Waals surface area (Å²) in [6, 6.07) is 4.30. The van der Waals surface area contributed by atoms with Crippen LogP contribution in [0, 0.1) is 0 Å². The van der Waals surface area contributed by atoms with E-state index in [1.807, 2.05) is 6.07 Å². The highest BCUT2D eigenvalue weighted by Gasteiger charge is 2.35. The maximum atomic E-state index is 6.08. The predicted octanol–water partition coefficient (Wildman–Crippen LogP) is 3.02. The summed E-state index contributed by atoms with van der Waals surface area (Å²) in [5.41, 5.74) is 1.20. The molecule has 19 heavy (non-hydrogen) atoms. The fraction of sp³-hybridized carbons (Fsp3) is 0.600. The lowest BCUT2D eigenvalue weighted by Crippen LogP contribution is -2.31. The first kappa shape index (κ1) is 12.6. The van der Waals surface area contributed by atoms with Crippen LogP contribution >= 0.6 is 0 Å². The molecule has 0 radical (unpaired) electrons. The molecular formula is C15H21NO3. The number of rotatable bonds is 5. The fourth-order valence-electron chi connectivity index (χ4n) is 2.77. The average Bonchev–Trinajstić information content (AvgIpc) is 2.98. The van der Waals surface area contributed by atoms with Crippen LogP contribution in [0.5, 0.6) is 17.2 Å². The number of nitrogens with one attached hydrogen (secondary N) is 1. The molecule has 4 heteroatoms. The molecule has 2 aliphatic rings. The second-order valence-electron chi connectivity index (χ2n) is 5.12. The van der Waals surface area contributed by atoms with Crippen LogP contribution in [-0.2, 0) is 0 Å². The van der Waals surface area contributed by atoms with Gasteiger partial charge in [0.05, 0.1) is 6.04 Å². The van der Waals surface area contributed by atoms with Gasteiger partial charge < -0.3 is 19.5 Å². The van der Waals surface area contributed by atoms with Gasteiger partial charge in [-0.2, -0.15) is 0 Å². The van der Waals surface area contributed by atoms with E-state index >= 15 is 0 Å². The Balaban J connectivity index is 1.88. The number of benzene rings is 1. The predicted molar refractivity (Wildman–Crippen MR) is 72.9 cm³/mol. The molecule has 0 bridgehead atoms. The summed E-state index contributed by atoms with van der Waals surface area (Å²) in [4.78, 5) is 0. The van der Waals surface area contributed by atoms with Crippen LogP contribution < -0.4 is 19.5 Å². The standard InChI is InChI=1S/C15H21NO3/c1-3-5-11-15(16-6-4-2)10-7-13-14(18-9-17-13)8-12(10)19-11/h7-8,11,15-16H,3-6,9H2,1-2H3. The molecule has 0 fully saturated rings. The van der Waals surface area contributed by atoms with Crippen LogP contribution in [0.3, 0.4) is 0 Å². The molecule has 0 aliphatic carbocycles. The van der Waals surface area contributed by atoms with Crippen LogP contribution in [-0.4, -0.2) is 19.4 Å². The van der Waals surface area contributed by atoms with Gasteiger partial charge in [-0.05, 0) is 25.5 Å². The summed E-state index contributed by atoms with van der Waals surface area (Å²) in [5, 5.41) is 3.59. The summed E-state index contributed by atoms with van der Waals surface area (Å²) < 4.78 is 17.0. The van der Waals surface area contributed by atoms with Gasteiger partial charge in [0, 0.05) is 11.6 Å². The Hall–Kier alpha value is -1.42. The molecule has 2 atom stereocenters. The van der Waals surface area contributed by atoms with Crippen molar-refractivity contribution in [1.82, 2.24) is 5.32 Å². The Morgan fingerprint density at radius 2 is 1.89 bits per heavy atom. The molecule has 2 unspecified atom stereocenters. The van der Waals surface area contributed by atoms with Crippen molar-refractivity contribution in [2.45, 2.75) is 45.3 Å². The van der Waals surface area contributed by atoms with Crippen LogP contribution in [0.15, 0.2) is 12.1 Å². The van der Waals surface area contributed by atoms with E-state index in [2.05, 4.69) is 25.2 Å². The van der Waals surface area contributed by atoms with E-state index in [9.17, 15) is 0 Å². The Labute approximate surface area is 114 Å². The third-order valence-electron chi connectivity index (χ3n) is 3.68. The minimum Gasteiger partial charge on any atom is -0.488 e. The van der Waals surface area contributed by atoms with Gasteiger partial charge in [-0.25, -0.2) is 0 Å². The van der Waals surface area contributed by atoms with Gasteiger partial charge >= 0.3 is 0 Å². The van der Waals surface area contributed by atoms with Crippen molar-refractivity contribution in [3.05, 3.63) is 17.7 Å². The lowest BCUT2D eigenvalue weighted by atomic mass is 10.00. The summed E-state index contributed by atoms with van der Waals surface area (Å²) in [6.45, 7) is 5.68. The molecule has 0 aromatic heterocycles. The largest absolute Gasteiger partial charge is 0.488 e. The molecule has 1 N–H and O–H groups in total. The smallest absolute Gasteiger partial charge is 0.231 e. The summed E-state index contributed by atoms with van der Waals surface area (Å²) in [6.07, 6.45) is 3.52. The second kappa shape index (κ2) is 5.29. The number of ether oxygens (including phenoxy) is 3. The molecule has 0 saturated carbocycles. The molecule has 4 nitrogen and oxygen atoms in total. The minimum atomic E-state index is 0.217. The number of fused-ring (bicyclic) bond motifs is 2. The molecule has 0 spiro atoms. The second-order valence-corrected chi connectivity index (χ2v) is 5.12. The number of hydrogen-bond acceptors (Lipinski definition) is 4. The SMILES string of the molecule is CCCNC1c2cc3c(cc2OC1CCC)OCO3. The number of hydrogen-bond donors (Lipinski definition) is 1. The maximum Gasteiger partial charge on any atom is 0.231 e. The van der Waals surface area contributed by atoms with Crippen LogP contribution in [0.4, 0.5) is 0 Å². The molecule has 1 aromatic rings. The Morgan fingerprint density at radius 1 is 1.11 bits per heavy atom. The summed E-state index contributed by atoms with van der Waals surface area (Å²) in [7, 11) is 0. The third-order valence-corrected chi connectivity index (χ3v) is 3.68. The molecule has 0 amide bonds. The van der Waals surface area contributed by atoms with Gasteiger partial charge in [-0.15, -0.1) is 0 Å². The minimum absolute atomic E-state index is 0.217. The highest BCUT2D eigenvalue weighted by molar-refractivity contribution is 5.54. The zero-order valence-electron chi connectivity index (χ0n) is 11.6. The van der Waals surface area contributed by atoms with Crippen molar-refractivity contribution >= 4 is 0 Å². The topological polar surface area (TPSA) is 39.7 Å². The van der Waals surface area contributed by atoms with Crippen molar-refractivity contribution in [2.75, 3.05) is 13.3 Å². The van der Waals surface area contributed by atoms with E-state index in [1.54, 1.807) is 0 Å². The first-order valence-electron chi connectivity index (χ1n) is 7.17. The molecule has 104 valence electrons. The van der Waals surface area contributed by atoms with Gasteiger partial charge in [0.15, 0.2) is 11.5 Å². The lowest BCUT2D eigenvalue weighted by Gasteiger charge is -2.19. The van der Waals surface area contributed by atoms with Crippen molar-refractivity contribution in [1.29, 1.82) is 0 Å². The third kappa shape index (κ3) is 2.25. The van der Waals surface area contributed by atoms with Gasteiger partial charge in [0.1, 0.15) is 11.9 Å². The van der Waals surface area contributed by atoms with Crippen LogP contribution in [0.25, 0.3) is 0 Å². The lowest BCUT2D eigenvalue weighted by molar-refractivity contribution is 0.169. The van der Waals surface area contributed by atoms with Crippen LogP contribution in [0.2, 0.25) is 0 Å². The summed E-state index contributed by atoms with van der Waals surface area (Å²) >= 11 is 0. The van der Waals surface area contributed by atoms with Crippen molar-refractivity contribution in [3.8, 4) is 17.2 Å². The average molecular weight is 263 g/mol. The van der Waals surface area contributed by atoms with Crippen molar-refractivity contribution in [3.63, 3.8) is 0 Å². The van der Waals surface area contributed by atoms with E-state index in [0.29, 0.717) is 6.79 Å². The zero-order valence-corrected chi connectivity index (χ0v) is 11.6. The van der Waals surface area contributed by atoms with E-state index in [-0.39, 0.29) is 12.1 Å². The quantitative estimate of drug-likeness (QED) is 0.886. The van der Waals surface area contributed by atoms with Crippen molar-refractivity contribution < 1.29 is 14.2 Å². The van der Waals surface area contributed by atoms with E-state index in [1.165, 1.54) is 5.56 Å². The fourth-order valence-corrected chi connectivity index (χ4v) is 2.77. The highest BCUT2D eigenvalue weighted by Crippen LogP contribution is 2.46. The molecule has 3 rings (SSSR count). The van der Waals surface area contributed by atoms with Gasteiger partial charge in [-0.1, -0.05) is 20.3 Å². The van der Waals surface area contributed by atoms with Crippen molar-refractivity contribution in [2.24, 2.45) is 0 Å². The Kier molecular flexibility index (Phi) is 3.51. The normalized spacial score (nSPS) is 23.3. The van der Waals surface area contributed by atoms with E-state index < -0.39 is 0 Å². The Morgan fingerprint density at radius 3 is 2.63 bits per heavy atom. The monoisotopic (exact) mass is 263 g/mol. The van der Waals surface area contributed by atoms with Gasteiger partial charge in [0.2, 0.25) is 6.79 Å². The van der Waals surface area contributed by atoms with Crippen LogP contribution in [0.1, 0.15) is 44.7 Å². The Bertz CT molecular complexity index is 461. The van der Waals surface area contributed by atoms with E-state index in [4.69, 9.17) is 14.2 Å².